The van der Waals surface area contributed by atoms with Gasteiger partial charge in [-0.15, -0.1) is 11.3 Å². The molecule has 0 spiro atoms. The first kappa shape index (κ1) is 24.0. The number of ether oxygens (including phenoxy) is 4. The number of methoxy groups -OCH3 is 3. The fourth-order valence-corrected chi connectivity index (χ4v) is 5.01. The molecule has 3 rings (SSSR count). The summed E-state index contributed by atoms with van der Waals surface area (Å²) in [6, 6.07) is 13.7. The maximum absolute atomic E-state index is 13.2. The molecule has 0 fully saturated rings. The second-order valence-electron chi connectivity index (χ2n) is 6.68. The van der Waals surface area contributed by atoms with E-state index in [0.717, 1.165) is 5.01 Å². The van der Waals surface area contributed by atoms with Gasteiger partial charge in [-0.3, -0.25) is 0 Å². The molecule has 0 saturated heterocycles. The smallest absolute Gasteiger partial charge is 0.243 e. The van der Waals surface area contributed by atoms with Crippen molar-refractivity contribution in [2.24, 2.45) is 0 Å². The number of aromatic nitrogens is 1. The summed E-state index contributed by atoms with van der Waals surface area (Å²) in [4.78, 5) is 4.73. The first-order chi connectivity index (χ1) is 15.5. The number of thiazole rings is 1. The molecule has 0 aliphatic rings. The Labute approximate surface area is 192 Å². The highest BCUT2D eigenvalue weighted by molar-refractivity contribution is 7.89. The molecule has 0 saturated carbocycles. The van der Waals surface area contributed by atoms with Gasteiger partial charge in [0.25, 0.3) is 0 Å². The summed E-state index contributed by atoms with van der Waals surface area (Å²) in [5.74, 6) is 1.85. The molecule has 0 bridgehead atoms. The summed E-state index contributed by atoms with van der Waals surface area (Å²) < 4.78 is 49.1. The van der Waals surface area contributed by atoms with E-state index < -0.39 is 10.0 Å². The van der Waals surface area contributed by atoms with Gasteiger partial charge in [0.2, 0.25) is 10.0 Å². The molecule has 172 valence electrons. The average molecular weight is 479 g/mol. The molecular weight excluding hydrogens is 452 g/mol. The Morgan fingerprint density at radius 3 is 2.34 bits per heavy atom. The Balaban J connectivity index is 1.72. The monoisotopic (exact) mass is 478 g/mol. The normalized spacial score (nSPS) is 11.5. The lowest BCUT2D eigenvalue weighted by molar-refractivity contribution is 0.177. The third-order valence-electron chi connectivity index (χ3n) is 4.60. The third-order valence-corrected chi connectivity index (χ3v) is 7.33. The van der Waals surface area contributed by atoms with E-state index in [1.807, 2.05) is 29.6 Å². The van der Waals surface area contributed by atoms with Gasteiger partial charge >= 0.3 is 0 Å². The molecule has 10 heteroatoms. The van der Waals surface area contributed by atoms with Crippen molar-refractivity contribution >= 4 is 21.4 Å². The molecule has 0 unspecified atom stereocenters. The van der Waals surface area contributed by atoms with E-state index in [2.05, 4.69) is 4.98 Å². The van der Waals surface area contributed by atoms with E-state index in [-0.39, 0.29) is 31.2 Å². The molecule has 3 aromatic rings. The van der Waals surface area contributed by atoms with Crippen molar-refractivity contribution in [2.75, 3.05) is 34.5 Å². The number of hydrogen-bond acceptors (Lipinski definition) is 8. The Kier molecular flexibility index (Phi) is 8.46. The average Bonchev–Trinajstić information content (AvgIpc) is 3.27. The van der Waals surface area contributed by atoms with Gasteiger partial charge in [-0.2, -0.15) is 4.31 Å². The summed E-state index contributed by atoms with van der Waals surface area (Å²) in [6.45, 7) is 0.857. The fourth-order valence-electron chi connectivity index (χ4n) is 2.92. The third kappa shape index (κ3) is 5.98. The molecule has 1 aromatic heterocycles. The number of rotatable bonds is 12. The van der Waals surface area contributed by atoms with Crippen molar-refractivity contribution < 1.29 is 27.4 Å². The molecule has 1 heterocycles. The molecule has 8 nitrogen and oxygen atoms in total. The molecule has 0 aliphatic carbocycles. The van der Waals surface area contributed by atoms with Crippen molar-refractivity contribution in [1.82, 2.24) is 9.29 Å². The van der Waals surface area contributed by atoms with E-state index in [9.17, 15) is 8.42 Å². The van der Waals surface area contributed by atoms with E-state index in [0.29, 0.717) is 22.9 Å². The minimum Gasteiger partial charge on any atom is -0.497 e. The quantitative estimate of drug-likeness (QED) is 0.393. The predicted molar refractivity (Wildman–Crippen MR) is 122 cm³/mol. The number of nitrogens with zero attached hydrogens (tertiary/aromatic N) is 2. The van der Waals surface area contributed by atoms with Gasteiger partial charge in [-0.05, 0) is 36.4 Å². The predicted octanol–water partition coefficient (Wildman–Crippen LogP) is 3.58. The summed E-state index contributed by atoms with van der Waals surface area (Å²) in [5, 5.41) is 2.57. The van der Waals surface area contributed by atoms with Crippen molar-refractivity contribution in [1.29, 1.82) is 0 Å². The maximum Gasteiger partial charge on any atom is 0.243 e. The molecule has 0 N–H and O–H groups in total. The van der Waals surface area contributed by atoms with Crippen LogP contribution in [0.5, 0.6) is 17.2 Å². The molecular formula is C22H26N2O6S2. The van der Waals surface area contributed by atoms with Crippen molar-refractivity contribution in [3.8, 4) is 17.2 Å². The van der Waals surface area contributed by atoms with Crippen LogP contribution in [0.1, 0.15) is 10.7 Å². The Hall–Kier alpha value is -2.66. The lowest BCUT2D eigenvalue weighted by Gasteiger charge is -2.21. The van der Waals surface area contributed by atoms with Gasteiger partial charge in [0, 0.05) is 19.0 Å². The van der Waals surface area contributed by atoms with Gasteiger partial charge in [-0.25, -0.2) is 13.4 Å². The van der Waals surface area contributed by atoms with Gasteiger partial charge < -0.3 is 18.9 Å². The van der Waals surface area contributed by atoms with E-state index >= 15 is 0 Å². The number of sulfonamides is 1. The van der Waals surface area contributed by atoms with Crippen LogP contribution in [0.2, 0.25) is 0 Å². The molecule has 0 amide bonds. The minimum atomic E-state index is -3.74. The van der Waals surface area contributed by atoms with Crippen molar-refractivity contribution in [3.05, 3.63) is 64.6 Å². The molecule has 0 radical (unpaired) electrons. The van der Waals surface area contributed by atoms with Gasteiger partial charge in [0.15, 0.2) is 11.5 Å². The van der Waals surface area contributed by atoms with Gasteiger partial charge in [0.05, 0.1) is 38.0 Å². The number of hydrogen-bond donors (Lipinski definition) is 0. The maximum atomic E-state index is 13.2. The Morgan fingerprint density at radius 2 is 1.69 bits per heavy atom. The lowest BCUT2D eigenvalue weighted by Crippen LogP contribution is -2.33. The molecule has 32 heavy (non-hydrogen) atoms. The zero-order chi connectivity index (χ0) is 23.0. The van der Waals surface area contributed by atoms with Crippen molar-refractivity contribution in [2.45, 2.75) is 18.0 Å². The highest BCUT2D eigenvalue weighted by Gasteiger charge is 2.25. The van der Waals surface area contributed by atoms with Gasteiger partial charge in [0.1, 0.15) is 17.4 Å². The van der Waals surface area contributed by atoms with Crippen LogP contribution in [-0.2, 0) is 27.9 Å². The van der Waals surface area contributed by atoms with Crippen LogP contribution in [0.3, 0.4) is 0 Å². The van der Waals surface area contributed by atoms with Crippen LogP contribution in [0.25, 0.3) is 0 Å². The summed E-state index contributed by atoms with van der Waals surface area (Å²) in [6.07, 6.45) is 0. The largest absolute Gasteiger partial charge is 0.497 e. The Bertz CT molecular complexity index is 1100. The molecule has 2 aromatic carbocycles. The first-order valence-electron chi connectivity index (χ1n) is 9.80. The summed E-state index contributed by atoms with van der Waals surface area (Å²) in [5.41, 5.74) is 0.641. The first-order valence-corrected chi connectivity index (χ1v) is 12.1. The van der Waals surface area contributed by atoms with Crippen LogP contribution in [0, 0.1) is 0 Å². The van der Waals surface area contributed by atoms with Crippen LogP contribution >= 0.6 is 11.3 Å². The molecule has 0 aliphatic heterocycles. The second-order valence-corrected chi connectivity index (χ2v) is 9.56. The summed E-state index contributed by atoms with van der Waals surface area (Å²) >= 11 is 1.41. The lowest BCUT2D eigenvalue weighted by atomic mass is 10.3. The van der Waals surface area contributed by atoms with Crippen LogP contribution in [0.15, 0.2) is 58.8 Å². The van der Waals surface area contributed by atoms with Crippen LogP contribution < -0.4 is 14.2 Å². The fraction of sp³-hybridized carbons (Fsp3) is 0.318. The highest BCUT2D eigenvalue weighted by atomic mass is 32.2. The van der Waals surface area contributed by atoms with Crippen LogP contribution in [-0.4, -0.2) is 52.2 Å². The van der Waals surface area contributed by atoms with E-state index in [4.69, 9.17) is 18.9 Å². The highest BCUT2D eigenvalue weighted by Crippen LogP contribution is 2.27. The standard InChI is InChI=1S/C22H26N2O6S2/c1-27-13-12-24(32(25,26)19-10-8-18(28-2)9-11-19)14-17-16-31-22(23-17)15-30-21-7-5-4-6-20(21)29-3/h4-11,16H,12-15H2,1-3H3. The van der Waals surface area contributed by atoms with Crippen LogP contribution in [0.4, 0.5) is 0 Å². The molecule has 0 atom stereocenters. The second kappa shape index (κ2) is 11.3. The van der Waals surface area contributed by atoms with Crippen molar-refractivity contribution in [3.63, 3.8) is 0 Å². The SMILES string of the molecule is COCCN(Cc1csc(COc2ccccc2OC)n1)S(=O)(=O)c1ccc(OC)cc1. The zero-order valence-corrected chi connectivity index (χ0v) is 19.8. The number of benzene rings is 2. The topological polar surface area (TPSA) is 87.2 Å². The summed E-state index contributed by atoms with van der Waals surface area (Å²) in [7, 11) is 0.918. The minimum absolute atomic E-state index is 0.128. The van der Waals surface area contributed by atoms with E-state index in [1.165, 1.54) is 42.0 Å². The number of para-hydroxylation sites is 2. The zero-order valence-electron chi connectivity index (χ0n) is 18.2. The van der Waals surface area contributed by atoms with E-state index in [1.54, 1.807) is 19.2 Å². The van der Waals surface area contributed by atoms with Gasteiger partial charge in [-0.1, -0.05) is 12.1 Å². The Morgan fingerprint density at radius 1 is 0.969 bits per heavy atom.